The number of nitriles is 1. The van der Waals surface area contributed by atoms with E-state index in [1.807, 2.05) is 6.07 Å². The summed E-state index contributed by atoms with van der Waals surface area (Å²) in [6, 6.07) is 5.00. The zero-order chi connectivity index (χ0) is 10.8. The quantitative estimate of drug-likeness (QED) is 0.547. The Kier molecular flexibility index (Phi) is 2.35. The number of nitro benzene ring substituents is 1. The van der Waals surface area contributed by atoms with Gasteiger partial charge >= 0.3 is 0 Å². The normalized spacial score (nSPS) is 14.1. The zero-order valence-electron chi connectivity index (χ0n) is 7.99. The Balaban J connectivity index is 2.57. The van der Waals surface area contributed by atoms with E-state index >= 15 is 0 Å². The molecule has 0 amide bonds. The van der Waals surface area contributed by atoms with Gasteiger partial charge in [0.05, 0.1) is 4.92 Å². The van der Waals surface area contributed by atoms with Gasteiger partial charge < -0.3 is 5.32 Å². The van der Waals surface area contributed by atoms with Crippen molar-refractivity contribution in [3.63, 3.8) is 0 Å². The van der Waals surface area contributed by atoms with E-state index in [0.717, 1.165) is 24.1 Å². The fraction of sp³-hybridized carbons (Fsp3) is 0.300. The predicted molar refractivity (Wildman–Crippen MR) is 53.2 cm³/mol. The maximum absolute atomic E-state index is 10.7. The predicted octanol–water partition coefficient (Wildman–Crippen LogP) is 1.11. The van der Waals surface area contributed by atoms with Gasteiger partial charge in [-0.15, -0.1) is 0 Å². The number of nitro groups is 1. The molecule has 0 saturated heterocycles. The van der Waals surface area contributed by atoms with Crippen molar-refractivity contribution in [1.82, 2.24) is 5.32 Å². The summed E-state index contributed by atoms with van der Waals surface area (Å²) in [5, 5.41) is 22.6. The second kappa shape index (κ2) is 3.67. The van der Waals surface area contributed by atoms with Crippen molar-refractivity contribution >= 4 is 5.69 Å². The Hall–Kier alpha value is -1.93. The molecule has 76 valence electrons. The van der Waals surface area contributed by atoms with Crippen molar-refractivity contribution in [3.05, 3.63) is 38.9 Å². The molecule has 2 rings (SSSR count). The standard InChI is InChI=1S/C10H9N3O2/c11-5-8-3-7-1-2-12-6-9(7)4-10(8)13(14)15/h3-4,12H,1-2,6H2. The molecule has 15 heavy (non-hydrogen) atoms. The van der Waals surface area contributed by atoms with Gasteiger partial charge in [-0.2, -0.15) is 5.26 Å². The lowest BCUT2D eigenvalue weighted by Crippen LogP contribution is -2.23. The number of fused-ring (bicyclic) bond motifs is 1. The van der Waals surface area contributed by atoms with E-state index in [0.29, 0.717) is 6.54 Å². The average Bonchev–Trinajstić information content (AvgIpc) is 2.27. The first kappa shape index (κ1) is 9.62. The highest BCUT2D eigenvalue weighted by molar-refractivity contribution is 5.54. The number of rotatable bonds is 1. The molecule has 1 aromatic rings. The monoisotopic (exact) mass is 203 g/mol. The maximum atomic E-state index is 10.7. The van der Waals surface area contributed by atoms with Crippen LogP contribution in [-0.2, 0) is 13.0 Å². The molecule has 0 radical (unpaired) electrons. The lowest BCUT2D eigenvalue weighted by molar-refractivity contribution is -0.385. The van der Waals surface area contributed by atoms with Crippen LogP contribution in [0.5, 0.6) is 0 Å². The number of hydrogen-bond donors (Lipinski definition) is 1. The van der Waals surface area contributed by atoms with E-state index in [4.69, 9.17) is 5.26 Å². The summed E-state index contributed by atoms with van der Waals surface area (Å²) in [4.78, 5) is 10.2. The van der Waals surface area contributed by atoms with Gasteiger partial charge in [0, 0.05) is 12.6 Å². The third-order valence-corrected chi connectivity index (χ3v) is 2.52. The van der Waals surface area contributed by atoms with Crippen LogP contribution in [0.2, 0.25) is 0 Å². The van der Waals surface area contributed by atoms with E-state index in [2.05, 4.69) is 5.32 Å². The molecular formula is C10H9N3O2. The highest BCUT2D eigenvalue weighted by Gasteiger charge is 2.19. The fourth-order valence-electron chi connectivity index (χ4n) is 1.76. The van der Waals surface area contributed by atoms with Gasteiger partial charge in [-0.25, -0.2) is 0 Å². The lowest BCUT2D eigenvalue weighted by Gasteiger charge is -2.16. The first-order valence-corrected chi connectivity index (χ1v) is 4.63. The van der Waals surface area contributed by atoms with Gasteiger partial charge in [-0.05, 0) is 30.2 Å². The molecule has 0 aliphatic carbocycles. The summed E-state index contributed by atoms with van der Waals surface area (Å²) in [5.41, 5.74) is 2.02. The minimum atomic E-state index is -0.507. The van der Waals surface area contributed by atoms with Crippen molar-refractivity contribution in [2.45, 2.75) is 13.0 Å². The molecule has 1 aliphatic rings. The summed E-state index contributed by atoms with van der Waals surface area (Å²) in [5.74, 6) is 0. The van der Waals surface area contributed by atoms with Crippen LogP contribution in [0.25, 0.3) is 0 Å². The van der Waals surface area contributed by atoms with Crippen molar-refractivity contribution in [2.75, 3.05) is 6.54 Å². The summed E-state index contributed by atoms with van der Waals surface area (Å²) in [6.45, 7) is 1.50. The SMILES string of the molecule is N#Cc1cc2c(cc1[N+](=O)[O-])CNCC2. The molecule has 0 spiro atoms. The summed E-state index contributed by atoms with van der Waals surface area (Å²) < 4.78 is 0. The van der Waals surface area contributed by atoms with Gasteiger partial charge in [0.1, 0.15) is 11.6 Å². The van der Waals surface area contributed by atoms with Crippen LogP contribution in [0, 0.1) is 21.4 Å². The summed E-state index contributed by atoms with van der Waals surface area (Å²) in [7, 11) is 0. The molecule has 1 heterocycles. The van der Waals surface area contributed by atoms with E-state index in [1.165, 1.54) is 6.07 Å². The fourth-order valence-corrected chi connectivity index (χ4v) is 1.76. The van der Waals surface area contributed by atoms with Crippen LogP contribution in [-0.4, -0.2) is 11.5 Å². The zero-order valence-corrected chi connectivity index (χ0v) is 7.99. The smallest absolute Gasteiger partial charge is 0.287 e. The Bertz CT molecular complexity index is 462. The number of benzene rings is 1. The first-order chi connectivity index (χ1) is 7.22. The Morgan fingerprint density at radius 1 is 1.47 bits per heavy atom. The second-order valence-corrected chi connectivity index (χ2v) is 3.43. The number of nitrogens with one attached hydrogen (secondary N) is 1. The molecule has 0 unspecified atom stereocenters. The van der Waals surface area contributed by atoms with Gasteiger partial charge in [0.2, 0.25) is 0 Å². The lowest BCUT2D eigenvalue weighted by atomic mass is 9.97. The molecular weight excluding hydrogens is 194 g/mol. The molecule has 1 aliphatic heterocycles. The third-order valence-electron chi connectivity index (χ3n) is 2.52. The van der Waals surface area contributed by atoms with Crippen LogP contribution in [0.3, 0.4) is 0 Å². The molecule has 0 saturated carbocycles. The topological polar surface area (TPSA) is 79.0 Å². The Morgan fingerprint density at radius 3 is 2.93 bits per heavy atom. The highest BCUT2D eigenvalue weighted by Crippen LogP contribution is 2.24. The minimum Gasteiger partial charge on any atom is -0.312 e. The van der Waals surface area contributed by atoms with Crippen molar-refractivity contribution in [3.8, 4) is 6.07 Å². The van der Waals surface area contributed by atoms with Crippen LogP contribution in [0.4, 0.5) is 5.69 Å². The molecule has 0 aromatic heterocycles. The number of hydrogen-bond acceptors (Lipinski definition) is 4. The van der Waals surface area contributed by atoms with E-state index in [-0.39, 0.29) is 11.3 Å². The molecule has 1 aromatic carbocycles. The summed E-state index contributed by atoms with van der Waals surface area (Å²) in [6.07, 6.45) is 0.821. The Labute approximate surface area is 86.5 Å². The molecule has 5 nitrogen and oxygen atoms in total. The van der Waals surface area contributed by atoms with Crippen LogP contribution in [0.15, 0.2) is 12.1 Å². The third kappa shape index (κ3) is 1.67. The van der Waals surface area contributed by atoms with Crippen LogP contribution in [0.1, 0.15) is 16.7 Å². The highest BCUT2D eigenvalue weighted by atomic mass is 16.6. The van der Waals surface area contributed by atoms with Crippen molar-refractivity contribution < 1.29 is 4.92 Å². The molecule has 0 fully saturated rings. The van der Waals surface area contributed by atoms with Crippen LogP contribution >= 0.6 is 0 Å². The van der Waals surface area contributed by atoms with E-state index in [9.17, 15) is 10.1 Å². The van der Waals surface area contributed by atoms with Gasteiger partial charge in [-0.1, -0.05) is 0 Å². The summed E-state index contributed by atoms with van der Waals surface area (Å²) >= 11 is 0. The first-order valence-electron chi connectivity index (χ1n) is 4.63. The van der Waals surface area contributed by atoms with Gasteiger partial charge in [0.15, 0.2) is 0 Å². The van der Waals surface area contributed by atoms with Gasteiger partial charge in [0.25, 0.3) is 5.69 Å². The second-order valence-electron chi connectivity index (χ2n) is 3.43. The van der Waals surface area contributed by atoms with Crippen LogP contribution < -0.4 is 5.32 Å². The van der Waals surface area contributed by atoms with E-state index in [1.54, 1.807) is 6.07 Å². The van der Waals surface area contributed by atoms with Gasteiger partial charge in [-0.3, -0.25) is 10.1 Å². The number of nitrogens with zero attached hydrogens (tertiary/aromatic N) is 2. The van der Waals surface area contributed by atoms with Crippen molar-refractivity contribution in [2.24, 2.45) is 0 Å². The Morgan fingerprint density at radius 2 is 2.27 bits per heavy atom. The van der Waals surface area contributed by atoms with E-state index < -0.39 is 4.92 Å². The molecule has 1 N–H and O–H groups in total. The molecule has 0 bridgehead atoms. The average molecular weight is 203 g/mol. The largest absolute Gasteiger partial charge is 0.312 e. The van der Waals surface area contributed by atoms with Crippen molar-refractivity contribution in [1.29, 1.82) is 5.26 Å². The minimum absolute atomic E-state index is 0.0973. The maximum Gasteiger partial charge on any atom is 0.287 e. The molecule has 0 atom stereocenters. The molecule has 5 heteroatoms.